The number of carboxylic acid groups (broad SMARTS) is 1. The number of hydrogen-bond acceptors (Lipinski definition) is 10. The molecule has 0 unspecified atom stereocenters. The first-order valence-corrected chi connectivity index (χ1v) is 16.7. The minimum absolute atomic E-state index is 0.0301. The van der Waals surface area contributed by atoms with E-state index in [0.29, 0.717) is 27.8 Å². The summed E-state index contributed by atoms with van der Waals surface area (Å²) >= 11 is 0. The lowest BCUT2D eigenvalue weighted by atomic mass is 9.87. The van der Waals surface area contributed by atoms with Crippen molar-refractivity contribution in [3.8, 4) is 28.2 Å². The van der Waals surface area contributed by atoms with E-state index < -0.39 is 11.9 Å². The first kappa shape index (κ1) is 32.9. The van der Waals surface area contributed by atoms with E-state index in [4.69, 9.17) is 9.15 Å². The van der Waals surface area contributed by atoms with E-state index in [2.05, 4.69) is 20.6 Å². The van der Waals surface area contributed by atoms with Gasteiger partial charge in [0.05, 0.1) is 51.8 Å². The molecule has 2 aliphatic rings. The molecule has 0 fully saturated rings. The van der Waals surface area contributed by atoms with Gasteiger partial charge in [0.2, 0.25) is 0 Å². The van der Waals surface area contributed by atoms with Crippen LogP contribution in [0.15, 0.2) is 125 Å². The summed E-state index contributed by atoms with van der Waals surface area (Å²) in [7, 11) is 1.24. The van der Waals surface area contributed by atoms with Gasteiger partial charge in [0, 0.05) is 52.8 Å². The molecule has 0 atom stereocenters. The number of phenolic OH excluding ortho intramolecular Hbond substituents is 1. The number of nitrogens with zero attached hydrogens (tertiary/aromatic N) is 2. The summed E-state index contributed by atoms with van der Waals surface area (Å²) in [5, 5.41) is 30.7. The van der Waals surface area contributed by atoms with Gasteiger partial charge in [-0.05, 0) is 72.3 Å². The number of carbonyl (C=O) groups excluding carboxylic acids is 1. The third-order valence-corrected chi connectivity index (χ3v) is 9.31. The number of ether oxygens (including phenoxy) is 1. The molecule has 4 aromatic carbocycles. The second-order valence-corrected chi connectivity index (χ2v) is 12.4. The van der Waals surface area contributed by atoms with Gasteiger partial charge in [-0.1, -0.05) is 36.4 Å². The first-order valence-electron chi connectivity index (χ1n) is 16.7. The fourth-order valence-electron chi connectivity index (χ4n) is 6.77. The zero-order chi connectivity index (χ0) is 36.6. The van der Waals surface area contributed by atoms with E-state index >= 15 is 0 Å². The Morgan fingerprint density at radius 1 is 0.755 bits per heavy atom. The third-order valence-electron chi connectivity index (χ3n) is 9.31. The molecule has 1 aliphatic carbocycles. The maximum Gasteiger partial charge on any atom is 0.337 e. The number of aromatic carboxylic acids is 1. The van der Waals surface area contributed by atoms with E-state index in [1.54, 1.807) is 24.5 Å². The molecule has 0 amide bonds. The monoisotopic (exact) mass is 702 g/mol. The van der Waals surface area contributed by atoms with Crippen molar-refractivity contribution in [3.05, 3.63) is 148 Å². The molecular weight excluding hydrogens is 672 g/mol. The van der Waals surface area contributed by atoms with Crippen LogP contribution >= 0.6 is 0 Å². The average Bonchev–Trinajstić information content (AvgIpc) is 3.18. The fourth-order valence-corrected chi connectivity index (χ4v) is 6.77. The number of aromatic nitrogens is 2. The molecule has 1 aliphatic heterocycles. The Morgan fingerprint density at radius 2 is 1.40 bits per heavy atom. The van der Waals surface area contributed by atoms with Crippen LogP contribution in [0.1, 0.15) is 31.8 Å². The summed E-state index contributed by atoms with van der Waals surface area (Å²) in [6.45, 7) is 0.107. The van der Waals surface area contributed by atoms with Gasteiger partial charge in [-0.2, -0.15) is 0 Å². The Kier molecular flexibility index (Phi) is 8.35. The molecule has 0 saturated heterocycles. The number of carbonyl (C=O) groups is 2. The molecule has 8 rings (SSSR count). The number of hydrogen-bond donors (Lipinski definition) is 4. The van der Waals surface area contributed by atoms with Crippen LogP contribution in [0.4, 0.5) is 11.4 Å². The molecule has 260 valence electrons. The number of para-hydroxylation sites is 2. The second kappa shape index (κ2) is 13.5. The van der Waals surface area contributed by atoms with Crippen LogP contribution in [-0.4, -0.2) is 39.2 Å². The normalized spacial score (nSPS) is 11.3. The van der Waals surface area contributed by atoms with E-state index in [0.717, 1.165) is 27.5 Å². The van der Waals surface area contributed by atoms with Crippen LogP contribution in [0.25, 0.3) is 55.2 Å². The highest BCUT2D eigenvalue weighted by Crippen LogP contribution is 2.45. The van der Waals surface area contributed by atoms with Gasteiger partial charge in [-0.15, -0.1) is 0 Å². The number of rotatable bonds is 9. The third kappa shape index (κ3) is 5.89. The first-order chi connectivity index (χ1) is 25.8. The Bertz CT molecular complexity index is 2770. The minimum Gasteiger partial charge on any atom is -0.507 e. The molecule has 3 heterocycles. The van der Waals surface area contributed by atoms with Crippen LogP contribution in [0.2, 0.25) is 0 Å². The van der Waals surface area contributed by atoms with Crippen molar-refractivity contribution in [2.45, 2.75) is 13.1 Å². The quantitative estimate of drug-likeness (QED) is 0.0849. The molecule has 11 nitrogen and oxygen atoms in total. The van der Waals surface area contributed by atoms with Crippen molar-refractivity contribution in [1.29, 1.82) is 0 Å². The summed E-state index contributed by atoms with van der Waals surface area (Å²) in [5.74, 6) is -1.79. The van der Waals surface area contributed by atoms with Crippen LogP contribution in [0.3, 0.4) is 0 Å². The molecule has 53 heavy (non-hydrogen) atoms. The standard InChI is InChI=1S/C42H30N4O7/c1-52-42(51)25-12-13-26(41(49)50)29(20-25)36-27-14-16-34(47)30(21-45-32-10-2-6-23-8-4-18-43-37(23)32)39(27)53-40-28(36)15-17-35(48)31(40)22-46-33-11-3-7-24-9-5-19-44-38(24)33/h2-20,45-47H,21-22H2,1H3,(H,49,50). The number of anilines is 2. The topological polar surface area (TPSA) is 164 Å². The molecular formula is C42H30N4O7. The SMILES string of the molecule is COC(=O)c1ccc(C(=O)O)c(-c2c3ccc(=O)c(CNc4cccc5cccnc45)c-3oc3c(CNc4cccc5cccnc45)c(O)ccc23)c1. The largest absolute Gasteiger partial charge is 0.507 e. The van der Waals surface area contributed by atoms with Gasteiger partial charge in [-0.25, -0.2) is 9.59 Å². The lowest BCUT2D eigenvalue weighted by molar-refractivity contribution is 0.0598. The van der Waals surface area contributed by atoms with Gasteiger partial charge in [-0.3, -0.25) is 14.8 Å². The zero-order valence-corrected chi connectivity index (χ0v) is 28.2. The molecule has 11 heteroatoms. The summed E-state index contributed by atoms with van der Waals surface area (Å²) in [6, 6.07) is 29.3. The molecule has 0 spiro atoms. The van der Waals surface area contributed by atoms with Crippen molar-refractivity contribution in [1.82, 2.24) is 9.97 Å². The molecule has 0 saturated carbocycles. The van der Waals surface area contributed by atoms with Crippen molar-refractivity contribution < 1.29 is 29.0 Å². The highest BCUT2D eigenvalue weighted by Gasteiger charge is 2.27. The van der Waals surface area contributed by atoms with E-state index in [1.165, 1.54) is 37.4 Å². The highest BCUT2D eigenvalue weighted by molar-refractivity contribution is 6.10. The van der Waals surface area contributed by atoms with Gasteiger partial charge >= 0.3 is 11.9 Å². The lowest BCUT2D eigenvalue weighted by Gasteiger charge is -2.21. The van der Waals surface area contributed by atoms with Gasteiger partial charge in [0.15, 0.2) is 5.43 Å². The Balaban J connectivity index is 1.36. The fraction of sp³-hybridized carbons (Fsp3) is 0.0714. The highest BCUT2D eigenvalue weighted by atomic mass is 16.5. The molecule has 4 N–H and O–H groups in total. The van der Waals surface area contributed by atoms with Crippen molar-refractivity contribution >= 4 is 56.1 Å². The number of methoxy groups -OCH3 is 1. The van der Waals surface area contributed by atoms with Crippen LogP contribution in [0.5, 0.6) is 5.75 Å². The van der Waals surface area contributed by atoms with Crippen LogP contribution in [-0.2, 0) is 17.8 Å². The van der Waals surface area contributed by atoms with E-state index in [1.807, 2.05) is 60.7 Å². The maximum absolute atomic E-state index is 13.7. The van der Waals surface area contributed by atoms with Crippen molar-refractivity contribution in [2.75, 3.05) is 17.7 Å². The Morgan fingerprint density at radius 3 is 2.04 bits per heavy atom. The number of phenols is 1. The maximum atomic E-state index is 13.7. The number of fused-ring (bicyclic) bond motifs is 4. The molecule has 2 aromatic heterocycles. The van der Waals surface area contributed by atoms with Crippen LogP contribution in [0, 0.1) is 0 Å². The predicted molar refractivity (Wildman–Crippen MR) is 203 cm³/mol. The Labute approximate surface area is 301 Å². The Hall–Kier alpha value is -7.27. The van der Waals surface area contributed by atoms with Gasteiger partial charge in [0.25, 0.3) is 0 Å². The minimum atomic E-state index is -1.23. The predicted octanol–water partition coefficient (Wildman–Crippen LogP) is 8.08. The molecule has 0 bridgehead atoms. The zero-order valence-electron chi connectivity index (χ0n) is 28.2. The molecule has 6 aromatic rings. The number of benzene rings is 5. The lowest BCUT2D eigenvalue weighted by Crippen LogP contribution is -2.15. The number of carboxylic acids is 1. The summed E-state index contributed by atoms with van der Waals surface area (Å²) in [6.07, 6.45) is 3.39. The van der Waals surface area contributed by atoms with Crippen molar-refractivity contribution in [2.24, 2.45) is 0 Å². The van der Waals surface area contributed by atoms with Gasteiger partial charge in [0.1, 0.15) is 17.1 Å². The molecule has 0 radical (unpaired) electrons. The van der Waals surface area contributed by atoms with E-state index in [9.17, 15) is 24.6 Å². The van der Waals surface area contributed by atoms with Crippen molar-refractivity contribution in [3.63, 3.8) is 0 Å². The second-order valence-electron chi connectivity index (χ2n) is 12.4. The van der Waals surface area contributed by atoms with E-state index in [-0.39, 0.29) is 57.9 Å². The number of esters is 1. The summed E-state index contributed by atoms with van der Waals surface area (Å²) in [4.78, 5) is 48.2. The number of aromatic hydroxyl groups is 1. The average molecular weight is 703 g/mol. The van der Waals surface area contributed by atoms with Crippen LogP contribution < -0.4 is 16.1 Å². The summed E-state index contributed by atoms with van der Waals surface area (Å²) in [5.41, 5.74) is 4.44. The van der Waals surface area contributed by atoms with Gasteiger partial charge < -0.3 is 30.0 Å². The number of nitrogens with one attached hydrogen (secondary N) is 2. The number of pyridine rings is 2. The smallest absolute Gasteiger partial charge is 0.337 e. The summed E-state index contributed by atoms with van der Waals surface area (Å²) < 4.78 is 11.6.